The van der Waals surface area contributed by atoms with Crippen LogP contribution in [-0.2, 0) is 11.2 Å². The molecule has 0 aliphatic heterocycles. The number of nitrogens with two attached hydrogens (primary N) is 1. The van der Waals surface area contributed by atoms with Crippen molar-refractivity contribution < 1.29 is 27.5 Å². The normalized spacial score (nSPS) is 20.9. The smallest absolute Gasteiger partial charge is 0.409 e. The second kappa shape index (κ2) is 11.5. The zero-order valence-electron chi connectivity index (χ0n) is 22.2. The molecular weight excluding hydrogens is 509 g/mol. The third-order valence-electron chi connectivity index (χ3n) is 7.43. The summed E-state index contributed by atoms with van der Waals surface area (Å²) < 4.78 is 48.5. The maximum atomic E-state index is 14.6. The average Bonchev–Trinajstić information content (AvgIpc) is 2.88. The molecule has 2 N–H and O–H groups in total. The third-order valence-corrected chi connectivity index (χ3v) is 7.43. The predicted octanol–water partition coefficient (Wildman–Crippen LogP) is 5.20. The van der Waals surface area contributed by atoms with Crippen LogP contribution in [0.5, 0.6) is 0 Å². The molecule has 0 radical (unpaired) electrons. The Morgan fingerprint density at radius 1 is 1.10 bits per heavy atom. The van der Waals surface area contributed by atoms with E-state index in [2.05, 4.69) is 9.97 Å². The van der Waals surface area contributed by atoms with Gasteiger partial charge in [-0.1, -0.05) is 6.92 Å². The number of ketones is 1. The average molecular weight is 541 g/mol. The van der Waals surface area contributed by atoms with E-state index >= 15 is 0 Å². The number of carbonyl (C=O) groups is 2. The molecule has 0 spiro atoms. The van der Waals surface area contributed by atoms with E-state index in [9.17, 15) is 22.8 Å². The summed E-state index contributed by atoms with van der Waals surface area (Å²) in [6.45, 7) is 3.54. The minimum Gasteiger partial charge on any atom is -0.453 e. The highest BCUT2D eigenvalue weighted by Crippen LogP contribution is 2.39. The standard InChI is InChI=1S/C29H31F3N4O3/c1-15-9-21(31)26(22(32)10-15)27-20(30)5-6-24(35-27)25(37)13-18-14-34-8-7-19(18)17-11-16(2)28(23(33)12-17)36(3)29(38)39-4/h5-10,14,16-17,23,28H,11-13,33H2,1-4H3/t16-,17+,23+,28-/m0/s1. The summed E-state index contributed by atoms with van der Waals surface area (Å²) in [5.41, 5.74) is 7.12. The van der Waals surface area contributed by atoms with Gasteiger partial charge in [0.25, 0.3) is 0 Å². The number of ether oxygens (including phenoxy) is 1. The molecule has 2 aromatic heterocycles. The summed E-state index contributed by atoms with van der Waals surface area (Å²) in [5.74, 6) is -3.24. The fourth-order valence-corrected chi connectivity index (χ4v) is 5.71. The molecule has 3 aromatic rings. The van der Waals surface area contributed by atoms with E-state index < -0.39 is 40.6 Å². The van der Waals surface area contributed by atoms with E-state index in [1.165, 1.54) is 25.0 Å². The lowest BCUT2D eigenvalue weighted by Gasteiger charge is -2.43. The summed E-state index contributed by atoms with van der Waals surface area (Å²) in [6.07, 6.45) is 3.99. The Morgan fingerprint density at radius 2 is 1.79 bits per heavy atom. The Kier molecular flexibility index (Phi) is 8.34. The van der Waals surface area contributed by atoms with Gasteiger partial charge in [0, 0.05) is 31.9 Å². The van der Waals surface area contributed by atoms with Gasteiger partial charge in [-0.25, -0.2) is 22.9 Å². The lowest BCUT2D eigenvalue weighted by molar-refractivity contribution is 0.0776. The van der Waals surface area contributed by atoms with Gasteiger partial charge in [-0.3, -0.25) is 9.78 Å². The van der Waals surface area contributed by atoms with Gasteiger partial charge in [0.1, 0.15) is 28.8 Å². The molecule has 10 heteroatoms. The van der Waals surface area contributed by atoms with Gasteiger partial charge in [-0.15, -0.1) is 0 Å². The summed E-state index contributed by atoms with van der Waals surface area (Å²) >= 11 is 0. The molecule has 7 nitrogen and oxygen atoms in total. The first-order valence-corrected chi connectivity index (χ1v) is 12.7. The highest BCUT2D eigenvalue weighted by atomic mass is 19.1. The van der Waals surface area contributed by atoms with Crippen molar-refractivity contribution in [3.8, 4) is 11.3 Å². The molecule has 1 amide bonds. The Labute approximate surface area is 225 Å². The van der Waals surface area contributed by atoms with E-state index in [1.807, 2.05) is 13.0 Å². The Bertz CT molecular complexity index is 1360. The first kappa shape index (κ1) is 28.2. The number of aryl methyl sites for hydroxylation is 1. The number of aromatic nitrogens is 2. The van der Waals surface area contributed by atoms with Crippen LogP contribution in [0.4, 0.5) is 18.0 Å². The number of rotatable bonds is 6. The van der Waals surface area contributed by atoms with Crippen molar-refractivity contribution >= 4 is 11.9 Å². The molecule has 2 heterocycles. The second-order valence-electron chi connectivity index (χ2n) is 10.2. The fourth-order valence-electron chi connectivity index (χ4n) is 5.71. The molecule has 1 aliphatic rings. The number of nitrogens with zero attached hydrogens (tertiary/aromatic N) is 3. The number of halogens is 3. The van der Waals surface area contributed by atoms with Gasteiger partial charge in [-0.05, 0) is 78.6 Å². The highest BCUT2D eigenvalue weighted by molar-refractivity contribution is 5.96. The van der Waals surface area contributed by atoms with Crippen molar-refractivity contribution in [3.63, 3.8) is 0 Å². The first-order chi connectivity index (χ1) is 18.5. The number of benzene rings is 1. The van der Waals surface area contributed by atoms with Gasteiger partial charge in [0.2, 0.25) is 0 Å². The Hall–Kier alpha value is -3.79. The molecule has 1 fully saturated rings. The third kappa shape index (κ3) is 5.80. The number of likely N-dealkylation sites (N-methyl/N-ethyl adjacent to an activating group) is 1. The van der Waals surface area contributed by atoms with Crippen molar-refractivity contribution in [3.05, 3.63) is 82.6 Å². The molecule has 0 bridgehead atoms. The van der Waals surface area contributed by atoms with Gasteiger partial charge >= 0.3 is 6.09 Å². The highest BCUT2D eigenvalue weighted by Gasteiger charge is 2.39. The number of pyridine rings is 2. The van der Waals surface area contributed by atoms with Crippen LogP contribution < -0.4 is 5.73 Å². The zero-order valence-corrected chi connectivity index (χ0v) is 22.2. The van der Waals surface area contributed by atoms with Gasteiger partial charge in [0.15, 0.2) is 5.78 Å². The Balaban J connectivity index is 1.59. The minimum absolute atomic E-state index is 0.00980. The van der Waals surface area contributed by atoms with E-state index in [-0.39, 0.29) is 36.0 Å². The number of carbonyl (C=O) groups excluding carboxylic acids is 2. The van der Waals surface area contributed by atoms with Crippen LogP contribution in [0.15, 0.2) is 42.7 Å². The molecule has 4 rings (SSSR count). The van der Waals surface area contributed by atoms with Crippen LogP contribution in [-0.4, -0.2) is 53.0 Å². The van der Waals surface area contributed by atoms with Crippen molar-refractivity contribution in [2.75, 3.05) is 14.2 Å². The maximum Gasteiger partial charge on any atom is 0.409 e. The molecule has 4 atom stereocenters. The van der Waals surface area contributed by atoms with Crippen LogP contribution in [0, 0.1) is 30.3 Å². The number of hydrogen-bond donors (Lipinski definition) is 1. The molecule has 0 unspecified atom stereocenters. The van der Waals surface area contributed by atoms with Crippen molar-refractivity contribution in [2.24, 2.45) is 11.7 Å². The van der Waals surface area contributed by atoms with E-state index in [4.69, 9.17) is 10.5 Å². The van der Waals surface area contributed by atoms with Gasteiger partial charge in [0.05, 0.1) is 18.7 Å². The predicted molar refractivity (Wildman–Crippen MR) is 140 cm³/mol. The first-order valence-electron chi connectivity index (χ1n) is 12.7. The van der Waals surface area contributed by atoms with Crippen LogP contribution in [0.25, 0.3) is 11.3 Å². The number of amides is 1. The SMILES string of the molecule is COC(=O)N(C)[C@@H]1[C@H](N)C[C@H](c2ccncc2CC(=O)c2ccc(F)c(-c3c(F)cc(C)cc3F)n2)C[C@@H]1C. The van der Waals surface area contributed by atoms with Crippen molar-refractivity contribution in [1.82, 2.24) is 14.9 Å². The lowest BCUT2D eigenvalue weighted by atomic mass is 9.72. The fraction of sp³-hybridized carbons (Fsp3) is 0.379. The molecule has 206 valence electrons. The van der Waals surface area contributed by atoms with Crippen LogP contribution in [0.2, 0.25) is 0 Å². The van der Waals surface area contributed by atoms with Gasteiger partial charge < -0.3 is 15.4 Å². The van der Waals surface area contributed by atoms with Crippen LogP contribution in [0.1, 0.15) is 52.9 Å². The zero-order chi connectivity index (χ0) is 28.4. The van der Waals surface area contributed by atoms with E-state index in [0.717, 1.165) is 30.2 Å². The summed E-state index contributed by atoms with van der Waals surface area (Å²) in [6, 6.07) is 5.67. The van der Waals surface area contributed by atoms with Crippen LogP contribution in [0.3, 0.4) is 0 Å². The summed E-state index contributed by atoms with van der Waals surface area (Å²) in [4.78, 5) is 35.1. The molecule has 1 saturated carbocycles. The molecule has 1 aromatic carbocycles. The van der Waals surface area contributed by atoms with Crippen LogP contribution >= 0.6 is 0 Å². The minimum atomic E-state index is -0.961. The number of Topliss-reactive ketones (excluding diaryl/α,β-unsaturated/α-hetero) is 1. The molecule has 1 aliphatic carbocycles. The maximum absolute atomic E-state index is 14.6. The van der Waals surface area contributed by atoms with Gasteiger partial charge in [-0.2, -0.15) is 0 Å². The number of hydrogen-bond acceptors (Lipinski definition) is 6. The molecule has 39 heavy (non-hydrogen) atoms. The molecule has 0 saturated heterocycles. The van der Waals surface area contributed by atoms with Crippen molar-refractivity contribution in [1.29, 1.82) is 0 Å². The monoisotopic (exact) mass is 540 g/mol. The lowest BCUT2D eigenvalue weighted by Crippen LogP contribution is -2.55. The Morgan fingerprint density at radius 3 is 2.44 bits per heavy atom. The second-order valence-corrected chi connectivity index (χ2v) is 10.2. The quantitative estimate of drug-likeness (QED) is 0.432. The van der Waals surface area contributed by atoms with E-state index in [1.54, 1.807) is 19.4 Å². The topological polar surface area (TPSA) is 98.4 Å². The summed E-state index contributed by atoms with van der Waals surface area (Å²) in [7, 11) is 3.00. The number of methoxy groups -OCH3 is 1. The van der Waals surface area contributed by atoms with E-state index in [0.29, 0.717) is 17.5 Å². The summed E-state index contributed by atoms with van der Waals surface area (Å²) in [5, 5.41) is 0. The van der Waals surface area contributed by atoms with Crippen molar-refractivity contribution in [2.45, 2.75) is 51.1 Å². The molecular formula is C29H31F3N4O3. The largest absolute Gasteiger partial charge is 0.453 e.